The Bertz CT molecular complexity index is 170. The predicted molar refractivity (Wildman–Crippen MR) is 35.1 cm³/mol. The highest BCUT2D eigenvalue weighted by Crippen LogP contribution is 2.35. The number of aliphatic hydroxyl groups is 1. The van der Waals surface area contributed by atoms with E-state index in [1.807, 2.05) is 0 Å². The molecule has 3 heteroatoms. The molecule has 1 amide bonds. The van der Waals surface area contributed by atoms with Crippen molar-refractivity contribution >= 4 is 5.91 Å². The lowest BCUT2D eigenvalue weighted by atomic mass is 10.4. The van der Waals surface area contributed by atoms with Gasteiger partial charge < -0.3 is 10.4 Å². The minimum Gasteiger partial charge on any atom is -0.371 e. The van der Waals surface area contributed by atoms with Crippen molar-refractivity contribution in [2.24, 2.45) is 5.92 Å². The third kappa shape index (κ3) is 1.14. The predicted octanol–water partition coefficient (Wildman–Crippen LogP) is -0.00500. The summed E-state index contributed by atoms with van der Waals surface area (Å²) in [5.74, 6) is 0.254. The largest absolute Gasteiger partial charge is 0.371 e. The molecule has 0 saturated heterocycles. The molecule has 0 heterocycles. The first-order chi connectivity index (χ1) is 4.70. The Labute approximate surface area is 59.4 Å². The van der Waals surface area contributed by atoms with E-state index in [-0.39, 0.29) is 11.8 Å². The van der Waals surface area contributed by atoms with Gasteiger partial charge in [-0.25, -0.2) is 0 Å². The molecule has 10 heavy (non-hydrogen) atoms. The Morgan fingerprint density at radius 1 is 1.50 bits per heavy atom. The van der Waals surface area contributed by atoms with Crippen LogP contribution in [0.4, 0.5) is 0 Å². The number of amides is 1. The monoisotopic (exact) mass is 141 g/mol. The van der Waals surface area contributed by atoms with Crippen LogP contribution in [0.1, 0.15) is 25.7 Å². The molecular formula is C7H11NO2. The van der Waals surface area contributed by atoms with Gasteiger partial charge in [0.15, 0.2) is 0 Å². The highest BCUT2D eigenvalue weighted by molar-refractivity contribution is 5.81. The maximum absolute atomic E-state index is 11.0. The van der Waals surface area contributed by atoms with Gasteiger partial charge in [0.05, 0.1) is 0 Å². The summed E-state index contributed by atoms with van der Waals surface area (Å²) in [5.41, 5.74) is -0.806. The highest BCUT2D eigenvalue weighted by atomic mass is 16.3. The summed E-state index contributed by atoms with van der Waals surface area (Å²) < 4.78 is 0. The maximum atomic E-state index is 11.0. The highest BCUT2D eigenvalue weighted by Gasteiger charge is 2.44. The topological polar surface area (TPSA) is 49.3 Å². The van der Waals surface area contributed by atoms with Crippen LogP contribution in [0.5, 0.6) is 0 Å². The first-order valence-electron chi connectivity index (χ1n) is 3.74. The smallest absolute Gasteiger partial charge is 0.225 e. The Morgan fingerprint density at radius 3 is 2.50 bits per heavy atom. The Balaban J connectivity index is 1.83. The van der Waals surface area contributed by atoms with Crippen molar-refractivity contribution < 1.29 is 9.90 Å². The van der Waals surface area contributed by atoms with Crippen LogP contribution in [0.25, 0.3) is 0 Å². The van der Waals surface area contributed by atoms with Crippen molar-refractivity contribution in [2.75, 3.05) is 0 Å². The second kappa shape index (κ2) is 1.72. The summed E-state index contributed by atoms with van der Waals surface area (Å²) in [6, 6.07) is 0. The molecule has 2 aliphatic rings. The molecule has 0 aromatic carbocycles. The van der Waals surface area contributed by atoms with Crippen LogP contribution in [0.15, 0.2) is 0 Å². The molecule has 3 nitrogen and oxygen atoms in total. The molecular weight excluding hydrogens is 130 g/mol. The minimum absolute atomic E-state index is 0.0417. The zero-order valence-corrected chi connectivity index (χ0v) is 5.76. The van der Waals surface area contributed by atoms with E-state index in [0.29, 0.717) is 0 Å². The van der Waals surface area contributed by atoms with Crippen LogP contribution >= 0.6 is 0 Å². The SMILES string of the molecule is O=C(NC1(O)CC1)C1CC1. The zero-order valence-electron chi connectivity index (χ0n) is 5.76. The van der Waals surface area contributed by atoms with Crippen LogP contribution < -0.4 is 5.32 Å². The molecule has 0 radical (unpaired) electrons. The molecule has 2 N–H and O–H groups in total. The molecule has 2 saturated carbocycles. The fourth-order valence-corrected chi connectivity index (χ4v) is 0.920. The molecule has 2 rings (SSSR count). The van der Waals surface area contributed by atoms with Crippen molar-refractivity contribution in [1.82, 2.24) is 5.32 Å². The average Bonchev–Trinajstić information content (AvgIpc) is 2.60. The van der Waals surface area contributed by atoms with Gasteiger partial charge in [-0.2, -0.15) is 0 Å². The van der Waals surface area contributed by atoms with E-state index in [2.05, 4.69) is 5.32 Å². The summed E-state index contributed by atoms with van der Waals surface area (Å²) >= 11 is 0. The van der Waals surface area contributed by atoms with Gasteiger partial charge in [0, 0.05) is 5.92 Å². The molecule has 0 aliphatic heterocycles. The lowest BCUT2D eigenvalue weighted by Gasteiger charge is -2.08. The van der Waals surface area contributed by atoms with Gasteiger partial charge in [0.1, 0.15) is 5.72 Å². The van der Waals surface area contributed by atoms with Gasteiger partial charge in [0.25, 0.3) is 0 Å². The molecule has 0 atom stereocenters. The molecule has 56 valence electrons. The van der Waals surface area contributed by atoms with E-state index in [1.54, 1.807) is 0 Å². The first-order valence-corrected chi connectivity index (χ1v) is 3.74. The van der Waals surface area contributed by atoms with Crippen molar-refractivity contribution in [3.63, 3.8) is 0 Å². The van der Waals surface area contributed by atoms with Crippen molar-refractivity contribution in [3.05, 3.63) is 0 Å². The van der Waals surface area contributed by atoms with Gasteiger partial charge in [-0.3, -0.25) is 4.79 Å². The molecule has 0 aromatic rings. The molecule has 2 fully saturated rings. The second-order valence-electron chi connectivity index (χ2n) is 3.30. The van der Waals surface area contributed by atoms with E-state index in [0.717, 1.165) is 25.7 Å². The van der Waals surface area contributed by atoms with E-state index < -0.39 is 5.72 Å². The number of rotatable bonds is 2. The quantitative estimate of drug-likeness (QED) is 0.531. The summed E-state index contributed by atoms with van der Waals surface area (Å²) in [7, 11) is 0. The third-order valence-corrected chi connectivity index (χ3v) is 2.03. The van der Waals surface area contributed by atoms with Gasteiger partial charge in [-0.1, -0.05) is 0 Å². The Hall–Kier alpha value is -0.570. The summed E-state index contributed by atoms with van der Waals surface area (Å²) in [6.45, 7) is 0. The van der Waals surface area contributed by atoms with E-state index in [9.17, 15) is 9.90 Å². The summed E-state index contributed by atoms with van der Waals surface area (Å²) in [6.07, 6.45) is 3.46. The second-order valence-corrected chi connectivity index (χ2v) is 3.30. The van der Waals surface area contributed by atoms with E-state index >= 15 is 0 Å². The van der Waals surface area contributed by atoms with Gasteiger partial charge in [0.2, 0.25) is 5.91 Å². The lowest BCUT2D eigenvalue weighted by Crippen LogP contribution is -2.37. The van der Waals surface area contributed by atoms with Crippen LogP contribution in [-0.2, 0) is 4.79 Å². The molecule has 0 spiro atoms. The number of hydrogen-bond donors (Lipinski definition) is 2. The molecule has 2 aliphatic carbocycles. The number of carbonyl (C=O) groups excluding carboxylic acids is 1. The van der Waals surface area contributed by atoms with Gasteiger partial charge >= 0.3 is 0 Å². The Morgan fingerprint density at radius 2 is 2.10 bits per heavy atom. The third-order valence-electron chi connectivity index (χ3n) is 2.03. The number of nitrogens with one attached hydrogen (secondary N) is 1. The Kier molecular flexibility index (Phi) is 1.06. The maximum Gasteiger partial charge on any atom is 0.225 e. The van der Waals surface area contributed by atoms with E-state index in [1.165, 1.54) is 0 Å². The fraction of sp³-hybridized carbons (Fsp3) is 0.857. The first kappa shape index (κ1) is 6.16. The van der Waals surface area contributed by atoms with E-state index in [4.69, 9.17) is 0 Å². The normalized spacial score (nSPS) is 27.7. The number of carbonyl (C=O) groups is 1. The average molecular weight is 141 g/mol. The van der Waals surface area contributed by atoms with Gasteiger partial charge in [-0.15, -0.1) is 0 Å². The lowest BCUT2D eigenvalue weighted by molar-refractivity contribution is -0.126. The fourth-order valence-electron chi connectivity index (χ4n) is 0.920. The zero-order chi connectivity index (χ0) is 7.19. The van der Waals surface area contributed by atoms with Crippen molar-refractivity contribution in [3.8, 4) is 0 Å². The standard InChI is InChI=1S/C7H11NO2/c9-6(5-1-2-5)8-7(10)3-4-7/h5,10H,1-4H2,(H,8,9). The van der Waals surface area contributed by atoms with Gasteiger partial charge in [-0.05, 0) is 25.7 Å². The van der Waals surface area contributed by atoms with Crippen LogP contribution in [0, 0.1) is 5.92 Å². The molecule has 0 aromatic heterocycles. The van der Waals surface area contributed by atoms with Crippen LogP contribution in [-0.4, -0.2) is 16.7 Å². The van der Waals surface area contributed by atoms with Crippen LogP contribution in [0.3, 0.4) is 0 Å². The van der Waals surface area contributed by atoms with Crippen LogP contribution in [0.2, 0.25) is 0 Å². The summed E-state index contributed by atoms with van der Waals surface area (Å²) in [5, 5.41) is 11.9. The summed E-state index contributed by atoms with van der Waals surface area (Å²) in [4.78, 5) is 11.0. The van der Waals surface area contributed by atoms with Crippen molar-refractivity contribution in [1.29, 1.82) is 0 Å². The number of hydrogen-bond acceptors (Lipinski definition) is 2. The van der Waals surface area contributed by atoms with Crippen molar-refractivity contribution in [2.45, 2.75) is 31.4 Å². The molecule has 0 unspecified atom stereocenters. The minimum atomic E-state index is -0.806. The molecule has 0 bridgehead atoms.